The minimum atomic E-state index is 0.256. The van der Waals surface area contributed by atoms with Crippen molar-refractivity contribution in [1.82, 2.24) is 15.1 Å². The number of aryl methyl sites for hydroxylation is 2. The molecule has 1 unspecified atom stereocenters. The third kappa shape index (κ3) is 3.96. The molecule has 0 amide bonds. The molecule has 0 spiro atoms. The van der Waals surface area contributed by atoms with E-state index in [1.165, 1.54) is 5.69 Å². The fourth-order valence-corrected chi connectivity index (χ4v) is 2.91. The van der Waals surface area contributed by atoms with Gasteiger partial charge in [0, 0.05) is 12.6 Å². The van der Waals surface area contributed by atoms with Crippen LogP contribution in [0, 0.1) is 5.41 Å². The lowest BCUT2D eigenvalue weighted by molar-refractivity contribution is 0.266. The highest BCUT2D eigenvalue weighted by atomic mass is 35.5. The SMILES string of the molecule is CCc1nn(CC)c(CCC(NC)C(C)(C)C)c1Cl. The van der Waals surface area contributed by atoms with E-state index in [4.69, 9.17) is 11.6 Å². The standard InChI is InChI=1S/C15H28ClN3/c1-7-11-14(16)12(19(8-2)18-11)9-10-13(17-6)15(3,4)5/h13,17H,7-10H2,1-6H3. The molecule has 0 aliphatic carbocycles. The quantitative estimate of drug-likeness (QED) is 0.864. The molecule has 0 radical (unpaired) electrons. The molecular formula is C15H28ClN3. The molecule has 1 rings (SSSR count). The topological polar surface area (TPSA) is 29.9 Å². The summed E-state index contributed by atoms with van der Waals surface area (Å²) in [5.74, 6) is 0. The summed E-state index contributed by atoms with van der Waals surface area (Å²) in [7, 11) is 2.03. The fourth-order valence-electron chi connectivity index (χ4n) is 2.55. The highest BCUT2D eigenvalue weighted by Crippen LogP contribution is 2.27. The Morgan fingerprint density at radius 1 is 1.32 bits per heavy atom. The van der Waals surface area contributed by atoms with Crippen LogP contribution < -0.4 is 5.32 Å². The Morgan fingerprint density at radius 2 is 1.95 bits per heavy atom. The first-order chi connectivity index (χ1) is 8.85. The zero-order chi connectivity index (χ0) is 14.6. The highest BCUT2D eigenvalue weighted by molar-refractivity contribution is 6.31. The lowest BCUT2D eigenvalue weighted by Crippen LogP contribution is -2.38. The molecule has 3 nitrogen and oxygen atoms in total. The molecule has 0 saturated heterocycles. The molecule has 19 heavy (non-hydrogen) atoms. The van der Waals surface area contributed by atoms with Gasteiger partial charge in [0.25, 0.3) is 0 Å². The maximum Gasteiger partial charge on any atom is 0.0849 e. The minimum absolute atomic E-state index is 0.256. The van der Waals surface area contributed by atoms with Crippen molar-refractivity contribution in [1.29, 1.82) is 0 Å². The first-order valence-electron chi connectivity index (χ1n) is 7.26. The van der Waals surface area contributed by atoms with Gasteiger partial charge in [0.1, 0.15) is 0 Å². The van der Waals surface area contributed by atoms with Gasteiger partial charge in [-0.1, -0.05) is 39.3 Å². The monoisotopic (exact) mass is 285 g/mol. The fraction of sp³-hybridized carbons (Fsp3) is 0.800. The van der Waals surface area contributed by atoms with Crippen LogP contribution in [0.15, 0.2) is 0 Å². The zero-order valence-corrected chi connectivity index (χ0v) is 13.9. The van der Waals surface area contributed by atoms with Crippen molar-refractivity contribution in [3.05, 3.63) is 16.4 Å². The van der Waals surface area contributed by atoms with Crippen LogP contribution >= 0.6 is 11.6 Å². The van der Waals surface area contributed by atoms with Crippen LogP contribution in [0.3, 0.4) is 0 Å². The number of aromatic nitrogens is 2. The third-order valence-corrected chi connectivity index (χ3v) is 4.19. The Bertz CT molecular complexity index is 404. The van der Waals surface area contributed by atoms with Gasteiger partial charge in [0.15, 0.2) is 0 Å². The summed E-state index contributed by atoms with van der Waals surface area (Å²) >= 11 is 6.45. The van der Waals surface area contributed by atoms with Crippen molar-refractivity contribution in [3.63, 3.8) is 0 Å². The van der Waals surface area contributed by atoms with Crippen LogP contribution in [0.2, 0.25) is 5.02 Å². The van der Waals surface area contributed by atoms with Crippen molar-refractivity contribution < 1.29 is 0 Å². The van der Waals surface area contributed by atoms with Gasteiger partial charge >= 0.3 is 0 Å². The van der Waals surface area contributed by atoms with Gasteiger partial charge < -0.3 is 5.32 Å². The molecule has 1 aromatic heterocycles. The molecule has 110 valence electrons. The van der Waals surface area contributed by atoms with Crippen LogP contribution in [0.25, 0.3) is 0 Å². The molecule has 0 aromatic carbocycles. The Morgan fingerprint density at radius 3 is 2.37 bits per heavy atom. The maximum atomic E-state index is 6.45. The van der Waals surface area contributed by atoms with Crippen molar-refractivity contribution in [2.75, 3.05) is 7.05 Å². The summed E-state index contributed by atoms with van der Waals surface area (Å²) in [4.78, 5) is 0. The number of hydrogen-bond acceptors (Lipinski definition) is 2. The van der Waals surface area contributed by atoms with Crippen molar-refractivity contribution >= 4 is 11.6 Å². The predicted molar refractivity (Wildman–Crippen MR) is 82.9 cm³/mol. The molecule has 0 fully saturated rings. The lowest BCUT2D eigenvalue weighted by atomic mass is 9.84. The van der Waals surface area contributed by atoms with Crippen molar-refractivity contribution in [2.24, 2.45) is 5.41 Å². The zero-order valence-electron chi connectivity index (χ0n) is 13.2. The molecule has 1 atom stereocenters. The summed E-state index contributed by atoms with van der Waals surface area (Å²) in [6.07, 6.45) is 2.95. The largest absolute Gasteiger partial charge is 0.316 e. The van der Waals surface area contributed by atoms with E-state index in [1.54, 1.807) is 0 Å². The number of nitrogens with one attached hydrogen (secondary N) is 1. The third-order valence-electron chi connectivity index (χ3n) is 3.76. The van der Waals surface area contributed by atoms with E-state index in [0.29, 0.717) is 6.04 Å². The Labute approximate surface area is 122 Å². The summed E-state index contributed by atoms with van der Waals surface area (Å²) in [5, 5.41) is 8.86. The van der Waals surface area contributed by atoms with E-state index in [0.717, 1.165) is 36.5 Å². The van der Waals surface area contributed by atoms with E-state index in [-0.39, 0.29) is 5.41 Å². The molecule has 0 bridgehead atoms. The van der Waals surface area contributed by atoms with E-state index < -0.39 is 0 Å². The van der Waals surface area contributed by atoms with Gasteiger partial charge in [-0.15, -0.1) is 0 Å². The number of hydrogen-bond donors (Lipinski definition) is 1. The molecule has 1 aromatic rings. The maximum absolute atomic E-state index is 6.45. The van der Waals surface area contributed by atoms with Gasteiger partial charge in [-0.05, 0) is 38.6 Å². The average Bonchev–Trinajstić information content (AvgIpc) is 2.65. The molecule has 0 saturated carbocycles. The molecular weight excluding hydrogens is 258 g/mol. The van der Waals surface area contributed by atoms with E-state index in [1.807, 2.05) is 7.05 Å². The lowest BCUT2D eigenvalue weighted by Gasteiger charge is -2.30. The second-order valence-electron chi connectivity index (χ2n) is 6.12. The summed E-state index contributed by atoms with van der Waals surface area (Å²) in [5.41, 5.74) is 2.46. The van der Waals surface area contributed by atoms with Crippen LogP contribution in [0.4, 0.5) is 0 Å². The average molecular weight is 286 g/mol. The van der Waals surface area contributed by atoms with Crippen LogP contribution in [-0.4, -0.2) is 22.9 Å². The Balaban J connectivity index is 2.85. The van der Waals surface area contributed by atoms with E-state index in [9.17, 15) is 0 Å². The number of halogens is 1. The second kappa shape index (κ2) is 6.76. The number of rotatable bonds is 6. The Hall–Kier alpha value is -0.540. The molecule has 4 heteroatoms. The first kappa shape index (κ1) is 16.5. The molecule has 0 aliphatic rings. The molecule has 1 heterocycles. The Kier molecular flexibility index (Phi) is 5.87. The highest BCUT2D eigenvalue weighted by Gasteiger charge is 2.24. The van der Waals surface area contributed by atoms with E-state index in [2.05, 4.69) is 49.7 Å². The van der Waals surface area contributed by atoms with Crippen molar-refractivity contribution in [2.45, 2.75) is 66.5 Å². The second-order valence-corrected chi connectivity index (χ2v) is 6.50. The van der Waals surface area contributed by atoms with Crippen molar-refractivity contribution in [3.8, 4) is 0 Å². The molecule has 1 N–H and O–H groups in total. The smallest absolute Gasteiger partial charge is 0.0849 e. The number of nitrogens with zero attached hydrogens (tertiary/aromatic N) is 2. The van der Waals surface area contributed by atoms with Gasteiger partial charge in [-0.2, -0.15) is 5.10 Å². The van der Waals surface area contributed by atoms with Crippen LogP contribution in [0.1, 0.15) is 52.4 Å². The van der Waals surface area contributed by atoms with Gasteiger partial charge in [-0.3, -0.25) is 4.68 Å². The van der Waals surface area contributed by atoms with Crippen LogP contribution in [-0.2, 0) is 19.4 Å². The van der Waals surface area contributed by atoms with Gasteiger partial charge in [0.2, 0.25) is 0 Å². The normalized spacial score (nSPS) is 13.8. The first-order valence-corrected chi connectivity index (χ1v) is 7.64. The van der Waals surface area contributed by atoms with E-state index >= 15 is 0 Å². The predicted octanol–water partition coefficient (Wildman–Crippen LogP) is 3.69. The minimum Gasteiger partial charge on any atom is -0.316 e. The summed E-state index contributed by atoms with van der Waals surface area (Å²) in [6, 6.07) is 0.480. The van der Waals surface area contributed by atoms with Gasteiger partial charge in [0.05, 0.1) is 16.4 Å². The van der Waals surface area contributed by atoms with Gasteiger partial charge in [-0.25, -0.2) is 0 Å². The summed E-state index contributed by atoms with van der Waals surface area (Å²) < 4.78 is 2.05. The van der Waals surface area contributed by atoms with Crippen LogP contribution in [0.5, 0.6) is 0 Å². The molecule has 0 aliphatic heterocycles. The summed E-state index contributed by atoms with van der Waals surface area (Å²) in [6.45, 7) is 11.9.